The van der Waals surface area contributed by atoms with Crippen LogP contribution < -0.4 is 5.73 Å². The van der Waals surface area contributed by atoms with Gasteiger partial charge in [0.2, 0.25) is 0 Å². The number of nitrogens with two attached hydrogens (primary N) is 1. The van der Waals surface area contributed by atoms with Crippen molar-refractivity contribution in [2.24, 2.45) is 5.73 Å². The van der Waals surface area contributed by atoms with Crippen molar-refractivity contribution >= 4 is 11.6 Å². The van der Waals surface area contributed by atoms with Gasteiger partial charge in [0.1, 0.15) is 0 Å². The molecule has 2 aromatic rings. The van der Waals surface area contributed by atoms with Crippen LogP contribution in [0.2, 0.25) is 5.02 Å². The van der Waals surface area contributed by atoms with Crippen LogP contribution in [0.4, 0.5) is 8.78 Å². The molecule has 0 fully saturated rings. The molecule has 2 aromatic carbocycles. The summed E-state index contributed by atoms with van der Waals surface area (Å²) in [4.78, 5) is 0. The molecule has 0 saturated carbocycles. The maximum atomic E-state index is 13.3. The minimum absolute atomic E-state index is 0.0523. The average molecular weight is 282 g/mol. The Hall–Kier alpha value is -1.45. The SMILES string of the molecule is CC(c1ccccc1)C(N)c1cc(F)c(F)cc1Cl. The van der Waals surface area contributed by atoms with Crippen LogP contribution in [-0.2, 0) is 0 Å². The summed E-state index contributed by atoms with van der Waals surface area (Å²) in [6.07, 6.45) is 0. The first-order chi connectivity index (χ1) is 9.00. The van der Waals surface area contributed by atoms with Crippen LogP contribution in [0.15, 0.2) is 42.5 Å². The van der Waals surface area contributed by atoms with E-state index in [0.29, 0.717) is 5.56 Å². The second kappa shape index (κ2) is 5.68. The van der Waals surface area contributed by atoms with Crippen LogP contribution in [0, 0.1) is 11.6 Å². The zero-order valence-electron chi connectivity index (χ0n) is 10.4. The van der Waals surface area contributed by atoms with Gasteiger partial charge in [-0.3, -0.25) is 0 Å². The fraction of sp³-hybridized carbons (Fsp3) is 0.200. The lowest BCUT2D eigenvalue weighted by atomic mass is 9.89. The van der Waals surface area contributed by atoms with E-state index in [1.54, 1.807) is 0 Å². The van der Waals surface area contributed by atoms with Crippen molar-refractivity contribution in [3.8, 4) is 0 Å². The Kier molecular flexibility index (Phi) is 4.17. The van der Waals surface area contributed by atoms with E-state index in [1.165, 1.54) is 0 Å². The summed E-state index contributed by atoms with van der Waals surface area (Å²) in [5.74, 6) is -1.95. The molecule has 0 aliphatic carbocycles. The number of benzene rings is 2. The Bertz CT molecular complexity index is 572. The lowest BCUT2D eigenvalue weighted by molar-refractivity contribution is 0.502. The van der Waals surface area contributed by atoms with Gasteiger partial charge in [0.15, 0.2) is 11.6 Å². The molecular weight excluding hydrogens is 268 g/mol. The second-order valence-corrected chi connectivity index (χ2v) is 4.92. The van der Waals surface area contributed by atoms with E-state index in [0.717, 1.165) is 17.7 Å². The Morgan fingerprint density at radius 1 is 1.05 bits per heavy atom. The zero-order valence-corrected chi connectivity index (χ0v) is 11.2. The molecular formula is C15H14ClF2N. The third-order valence-corrected chi connectivity index (χ3v) is 3.59. The molecule has 0 amide bonds. The van der Waals surface area contributed by atoms with Crippen LogP contribution in [0.1, 0.15) is 30.0 Å². The van der Waals surface area contributed by atoms with Gasteiger partial charge in [-0.15, -0.1) is 0 Å². The molecule has 0 aliphatic heterocycles. The molecule has 2 atom stereocenters. The van der Waals surface area contributed by atoms with Crippen LogP contribution >= 0.6 is 11.6 Å². The quantitative estimate of drug-likeness (QED) is 0.828. The Morgan fingerprint density at radius 2 is 1.63 bits per heavy atom. The summed E-state index contributed by atoms with van der Waals surface area (Å²) in [6.45, 7) is 1.93. The molecule has 0 radical (unpaired) electrons. The van der Waals surface area contributed by atoms with E-state index >= 15 is 0 Å². The van der Waals surface area contributed by atoms with Crippen molar-refractivity contribution in [3.63, 3.8) is 0 Å². The van der Waals surface area contributed by atoms with Crippen molar-refractivity contribution in [2.75, 3.05) is 0 Å². The maximum Gasteiger partial charge on any atom is 0.160 e. The normalized spacial score (nSPS) is 14.2. The topological polar surface area (TPSA) is 26.0 Å². The molecule has 0 spiro atoms. The van der Waals surface area contributed by atoms with Crippen molar-refractivity contribution in [1.29, 1.82) is 0 Å². The highest BCUT2D eigenvalue weighted by Gasteiger charge is 2.21. The van der Waals surface area contributed by atoms with Crippen molar-refractivity contribution in [1.82, 2.24) is 0 Å². The summed E-state index contributed by atoms with van der Waals surface area (Å²) >= 11 is 5.94. The van der Waals surface area contributed by atoms with Gasteiger partial charge < -0.3 is 5.73 Å². The molecule has 2 rings (SSSR count). The van der Waals surface area contributed by atoms with Gasteiger partial charge in [-0.05, 0) is 23.3 Å². The summed E-state index contributed by atoms with van der Waals surface area (Å²) < 4.78 is 26.3. The highest BCUT2D eigenvalue weighted by molar-refractivity contribution is 6.31. The number of hydrogen-bond acceptors (Lipinski definition) is 1. The predicted octanol–water partition coefficient (Wildman–Crippen LogP) is 4.42. The first-order valence-corrected chi connectivity index (χ1v) is 6.33. The maximum absolute atomic E-state index is 13.3. The van der Waals surface area contributed by atoms with Gasteiger partial charge in [0.05, 0.1) is 0 Å². The molecule has 0 saturated heterocycles. The number of rotatable bonds is 3. The van der Waals surface area contributed by atoms with E-state index in [9.17, 15) is 8.78 Å². The molecule has 2 unspecified atom stereocenters. The lowest BCUT2D eigenvalue weighted by Crippen LogP contribution is -2.18. The third kappa shape index (κ3) is 2.94. The van der Waals surface area contributed by atoms with Gasteiger partial charge in [-0.1, -0.05) is 48.9 Å². The Balaban J connectivity index is 2.34. The largest absolute Gasteiger partial charge is 0.323 e. The molecule has 0 aliphatic rings. The van der Waals surface area contributed by atoms with Crippen LogP contribution in [0.5, 0.6) is 0 Å². The standard InChI is InChI=1S/C15H14ClF2N/c1-9(10-5-3-2-4-6-10)15(19)11-7-13(17)14(18)8-12(11)16/h2-9,15H,19H2,1H3. The minimum Gasteiger partial charge on any atom is -0.323 e. The third-order valence-electron chi connectivity index (χ3n) is 3.26. The van der Waals surface area contributed by atoms with Crippen LogP contribution in [0.25, 0.3) is 0 Å². The second-order valence-electron chi connectivity index (χ2n) is 4.51. The van der Waals surface area contributed by atoms with Crippen molar-refractivity contribution in [3.05, 3.63) is 70.2 Å². The number of hydrogen-bond donors (Lipinski definition) is 1. The molecule has 100 valence electrons. The highest BCUT2D eigenvalue weighted by atomic mass is 35.5. The fourth-order valence-corrected chi connectivity index (χ4v) is 2.30. The van der Waals surface area contributed by atoms with E-state index in [1.807, 2.05) is 37.3 Å². The minimum atomic E-state index is -0.965. The monoisotopic (exact) mass is 281 g/mol. The Morgan fingerprint density at radius 3 is 2.26 bits per heavy atom. The van der Waals surface area contributed by atoms with Crippen LogP contribution in [-0.4, -0.2) is 0 Å². The summed E-state index contributed by atoms with van der Waals surface area (Å²) in [7, 11) is 0. The van der Waals surface area contributed by atoms with Crippen molar-refractivity contribution in [2.45, 2.75) is 18.9 Å². The molecule has 4 heteroatoms. The first kappa shape index (κ1) is 14.0. The van der Waals surface area contributed by atoms with Gasteiger partial charge in [-0.2, -0.15) is 0 Å². The predicted molar refractivity (Wildman–Crippen MR) is 73.2 cm³/mol. The average Bonchev–Trinajstić information content (AvgIpc) is 2.42. The summed E-state index contributed by atoms with van der Waals surface area (Å²) in [6, 6.07) is 11.1. The molecule has 0 aromatic heterocycles. The van der Waals surface area contributed by atoms with Gasteiger partial charge in [0.25, 0.3) is 0 Å². The lowest BCUT2D eigenvalue weighted by Gasteiger charge is -2.22. The molecule has 0 bridgehead atoms. The van der Waals surface area contributed by atoms with Gasteiger partial charge in [-0.25, -0.2) is 8.78 Å². The van der Waals surface area contributed by atoms with Crippen molar-refractivity contribution < 1.29 is 8.78 Å². The van der Waals surface area contributed by atoms with Crippen LogP contribution in [0.3, 0.4) is 0 Å². The van der Waals surface area contributed by atoms with E-state index in [-0.39, 0.29) is 10.9 Å². The molecule has 0 heterocycles. The zero-order chi connectivity index (χ0) is 14.0. The first-order valence-electron chi connectivity index (χ1n) is 5.95. The summed E-state index contributed by atoms with van der Waals surface area (Å²) in [5.41, 5.74) is 7.55. The Labute approximate surface area is 116 Å². The molecule has 2 N–H and O–H groups in total. The highest BCUT2D eigenvalue weighted by Crippen LogP contribution is 2.33. The van der Waals surface area contributed by atoms with E-state index in [4.69, 9.17) is 17.3 Å². The van der Waals surface area contributed by atoms with Gasteiger partial charge in [0, 0.05) is 17.0 Å². The fourth-order valence-electron chi connectivity index (χ4n) is 2.03. The molecule has 19 heavy (non-hydrogen) atoms. The smallest absolute Gasteiger partial charge is 0.160 e. The van der Waals surface area contributed by atoms with E-state index in [2.05, 4.69) is 0 Å². The summed E-state index contributed by atoms with van der Waals surface area (Å²) in [5, 5.41) is 0.147. The molecule has 1 nitrogen and oxygen atoms in total. The van der Waals surface area contributed by atoms with Gasteiger partial charge >= 0.3 is 0 Å². The number of halogens is 3. The van der Waals surface area contributed by atoms with E-state index < -0.39 is 17.7 Å².